The maximum Gasteiger partial charge on any atom is 0.170 e. The maximum atomic E-state index is 11.9. The number of carbonyl (C=O) groups is 1. The van der Waals surface area contributed by atoms with Gasteiger partial charge in [-0.25, -0.2) is 0 Å². The number of Topliss-reactive ketones (excluding diaryl/α,β-unsaturated/α-hetero) is 1. The van der Waals surface area contributed by atoms with Crippen LogP contribution in [0.4, 0.5) is 0 Å². The first-order chi connectivity index (χ1) is 8.63. The lowest BCUT2D eigenvalue weighted by molar-refractivity contribution is 0.0976. The van der Waals surface area contributed by atoms with E-state index < -0.39 is 0 Å². The zero-order valence-electron chi connectivity index (χ0n) is 11.2. The molecule has 0 fully saturated rings. The predicted molar refractivity (Wildman–Crippen MR) is 69.7 cm³/mol. The Morgan fingerprint density at radius 3 is 2.56 bits per heavy atom. The van der Waals surface area contributed by atoms with Crippen molar-refractivity contribution in [2.75, 3.05) is 13.7 Å². The third-order valence-corrected chi connectivity index (χ3v) is 2.50. The zero-order chi connectivity index (χ0) is 13.5. The van der Waals surface area contributed by atoms with Crippen molar-refractivity contribution in [3.63, 3.8) is 0 Å². The van der Waals surface area contributed by atoms with Gasteiger partial charge in [0.1, 0.15) is 22.8 Å². The number of phenols is 1. The number of ketones is 1. The molecule has 18 heavy (non-hydrogen) atoms. The summed E-state index contributed by atoms with van der Waals surface area (Å²) in [6.07, 6.45) is 1.99. The molecule has 0 bridgehead atoms. The molecule has 0 unspecified atom stereocenters. The van der Waals surface area contributed by atoms with E-state index in [1.54, 1.807) is 6.07 Å². The van der Waals surface area contributed by atoms with Crippen molar-refractivity contribution in [1.82, 2.24) is 0 Å². The minimum absolute atomic E-state index is 0.0843. The molecular formula is C14H20O4. The second-order valence-corrected chi connectivity index (χ2v) is 4.04. The first-order valence-electron chi connectivity index (χ1n) is 6.21. The summed E-state index contributed by atoms with van der Waals surface area (Å²) in [4.78, 5) is 11.9. The molecule has 0 aliphatic heterocycles. The van der Waals surface area contributed by atoms with E-state index in [1.165, 1.54) is 13.2 Å². The van der Waals surface area contributed by atoms with Gasteiger partial charge in [-0.3, -0.25) is 4.79 Å². The maximum absolute atomic E-state index is 11.9. The molecule has 0 heterocycles. The standard InChI is InChI=1S/C14H20O4/c1-4-6-11(15)14-12(16)8-10(18-7-5-2)9-13(14)17-3/h8-9,16H,4-7H2,1-3H3. The molecule has 4 nitrogen and oxygen atoms in total. The smallest absolute Gasteiger partial charge is 0.170 e. The summed E-state index contributed by atoms with van der Waals surface area (Å²) in [5.74, 6) is 0.673. The summed E-state index contributed by atoms with van der Waals surface area (Å²) in [6.45, 7) is 4.47. The highest BCUT2D eigenvalue weighted by atomic mass is 16.5. The van der Waals surface area contributed by atoms with Gasteiger partial charge in [-0.1, -0.05) is 13.8 Å². The number of phenolic OH excluding ortho intramolecular Hbond substituents is 1. The van der Waals surface area contributed by atoms with Gasteiger partial charge in [0.15, 0.2) is 5.78 Å². The van der Waals surface area contributed by atoms with Crippen LogP contribution in [0.15, 0.2) is 12.1 Å². The van der Waals surface area contributed by atoms with E-state index in [4.69, 9.17) is 9.47 Å². The monoisotopic (exact) mass is 252 g/mol. The van der Waals surface area contributed by atoms with E-state index in [1.807, 2.05) is 13.8 Å². The van der Waals surface area contributed by atoms with E-state index in [2.05, 4.69) is 0 Å². The molecule has 0 saturated carbocycles. The van der Waals surface area contributed by atoms with Crippen LogP contribution >= 0.6 is 0 Å². The lowest BCUT2D eigenvalue weighted by Crippen LogP contribution is -2.04. The van der Waals surface area contributed by atoms with Crippen LogP contribution in [0.1, 0.15) is 43.5 Å². The molecule has 0 saturated heterocycles. The van der Waals surface area contributed by atoms with Crippen LogP contribution in [0.3, 0.4) is 0 Å². The van der Waals surface area contributed by atoms with Gasteiger partial charge in [0, 0.05) is 18.6 Å². The summed E-state index contributed by atoms with van der Waals surface area (Å²) >= 11 is 0. The summed E-state index contributed by atoms with van der Waals surface area (Å²) in [5.41, 5.74) is 0.239. The minimum Gasteiger partial charge on any atom is -0.507 e. The molecule has 100 valence electrons. The second kappa shape index (κ2) is 6.89. The predicted octanol–water partition coefficient (Wildman–Crippen LogP) is 3.17. The van der Waals surface area contributed by atoms with E-state index in [0.717, 1.165) is 12.8 Å². The number of aromatic hydroxyl groups is 1. The van der Waals surface area contributed by atoms with Gasteiger partial charge >= 0.3 is 0 Å². The van der Waals surface area contributed by atoms with Crippen LogP contribution in [0.25, 0.3) is 0 Å². The summed E-state index contributed by atoms with van der Waals surface area (Å²) in [6, 6.07) is 3.10. The first kappa shape index (κ1) is 14.4. The van der Waals surface area contributed by atoms with Crippen molar-refractivity contribution >= 4 is 5.78 Å². The number of rotatable bonds is 7. The number of methoxy groups -OCH3 is 1. The third-order valence-electron chi connectivity index (χ3n) is 2.50. The molecule has 4 heteroatoms. The molecule has 0 spiro atoms. The second-order valence-electron chi connectivity index (χ2n) is 4.04. The van der Waals surface area contributed by atoms with E-state index >= 15 is 0 Å². The third kappa shape index (κ3) is 3.39. The van der Waals surface area contributed by atoms with E-state index in [-0.39, 0.29) is 17.1 Å². The number of benzene rings is 1. The molecule has 0 radical (unpaired) electrons. The highest BCUT2D eigenvalue weighted by molar-refractivity contribution is 6.01. The lowest BCUT2D eigenvalue weighted by atomic mass is 10.0. The fourth-order valence-electron chi connectivity index (χ4n) is 1.67. The lowest BCUT2D eigenvalue weighted by Gasteiger charge is -2.12. The fraction of sp³-hybridized carbons (Fsp3) is 0.500. The molecule has 1 rings (SSSR count). The van der Waals surface area contributed by atoms with Crippen LogP contribution in [0.5, 0.6) is 17.2 Å². The fourth-order valence-corrected chi connectivity index (χ4v) is 1.67. The van der Waals surface area contributed by atoms with Gasteiger partial charge in [-0.15, -0.1) is 0 Å². The van der Waals surface area contributed by atoms with Gasteiger partial charge < -0.3 is 14.6 Å². The van der Waals surface area contributed by atoms with Crippen LogP contribution < -0.4 is 9.47 Å². The molecule has 1 aromatic carbocycles. The van der Waals surface area contributed by atoms with Gasteiger partial charge in [-0.2, -0.15) is 0 Å². The van der Waals surface area contributed by atoms with Crippen LogP contribution in [0, 0.1) is 0 Å². The number of carbonyl (C=O) groups excluding carboxylic acids is 1. The van der Waals surface area contributed by atoms with Crippen molar-refractivity contribution < 1.29 is 19.4 Å². The molecular weight excluding hydrogens is 232 g/mol. The Morgan fingerprint density at radius 2 is 2.00 bits per heavy atom. The van der Waals surface area contributed by atoms with Crippen molar-refractivity contribution in [3.8, 4) is 17.2 Å². The normalized spacial score (nSPS) is 10.2. The Labute approximate surface area is 108 Å². The van der Waals surface area contributed by atoms with Crippen molar-refractivity contribution in [1.29, 1.82) is 0 Å². The van der Waals surface area contributed by atoms with E-state index in [0.29, 0.717) is 24.5 Å². The molecule has 1 aromatic rings. The topological polar surface area (TPSA) is 55.8 Å². The number of hydrogen-bond donors (Lipinski definition) is 1. The van der Waals surface area contributed by atoms with Crippen molar-refractivity contribution in [2.45, 2.75) is 33.1 Å². The average Bonchev–Trinajstić information content (AvgIpc) is 2.35. The average molecular weight is 252 g/mol. The Morgan fingerprint density at radius 1 is 1.28 bits per heavy atom. The summed E-state index contributed by atoms with van der Waals surface area (Å²) in [7, 11) is 1.47. The SMILES string of the molecule is CCCOc1cc(O)c(C(=O)CCC)c(OC)c1. The zero-order valence-corrected chi connectivity index (χ0v) is 11.2. The van der Waals surface area contributed by atoms with Gasteiger partial charge in [0.05, 0.1) is 13.7 Å². The van der Waals surface area contributed by atoms with Gasteiger partial charge in [0.2, 0.25) is 0 Å². The van der Waals surface area contributed by atoms with Crippen LogP contribution in [0.2, 0.25) is 0 Å². The largest absolute Gasteiger partial charge is 0.507 e. The minimum atomic E-state index is -0.117. The Balaban J connectivity index is 3.07. The molecule has 1 N–H and O–H groups in total. The van der Waals surface area contributed by atoms with Gasteiger partial charge in [-0.05, 0) is 12.8 Å². The molecule has 0 aromatic heterocycles. The molecule has 0 aliphatic carbocycles. The highest BCUT2D eigenvalue weighted by Crippen LogP contribution is 2.34. The summed E-state index contributed by atoms with van der Waals surface area (Å²) < 4.78 is 10.6. The molecule has 0 aliphatic rings. The number of hydrogen-bond acceptors (Lipinski definition) is 4. The van der Waals surface area contributed by atoms with Crippen molar-refractivity contribution in [3.05, 3.63) is 17.7 Å². The molecule has 0 atom stereocenters. The van der Waals surface area contributed by atoms with Crippen molar-refractivity contribution in [2.24, 2.45) is 0 Å². The Hall–Kier alpha value is -1.71. The quantitative estimate of drug-likeness (QED) is 0.757. The number of ether oxygens (including phenoxy) is 2. The van der Waals surface area contributed by atoms with Crippen LogP contribution in [-0.4, -0.2) is 24.6 Å². The first-order valence-corrected chi connectivity index (χ1v) is 6.21. The highest BCUT2D eigenvalue weighted by Gasteiger charge is 2.18. The van der Waals surface area contributed by atoms with Gasteiger partial charge in [0.25, 0.3) is 0 Å². The van der Waals surface area contributed by atoms with E-state index in [9.17, 15) is 9.90 Å². The van der Waals surface area contributed by atoms with Crippen LogP contribution in [-0.2, 0) is 0 Å². The summed E-state index contributed by atoms with van der Waals surface area (Å²) in [5, 5.41) is 9.92. The Kier molecular flexibility index (Phi) is 5.49. The Bertz CT molecular complexity index is 413. The molecule has 0 amide bonds.